The molecule has 2 unspecified atom stereocenters. The van der Waals surface area contributed by atoms with Gasteiger partial charge in [-0.05, 0) is 55.0 Å². The van der Waals surface area contributed by atoms with Crippen LogP contribution in [-0.2, 0) is 21.5 Å². The van der Waals surface area contributed by atoms with Crippen molar-refractivity contribution in [2.24, 2.45) is 0 Å². The molecule has 0 heterocycles. The fourth-order valence-corrected chi connectivity index (χ4v) is 3.27. The van der Waals surface area contributed by atoms with Crippen molar-refractivity contribution in [2.75, 3.05) is 6.61 Å². The first kappa shape index (κ1) is 25.4. The van der Waals surface area contributed by atoms with Crippen LogP contribution in [-0.4, -0.2) is 35.4 Å². The first-order chi connectivity index (χ1) is 15.0. The third kappa shape index (κ3) is 7.08. The van der Waals surface area contributed by atoms with E-state index in [4.69, 9.17) is 4.74 Å². The van der Waals surface area contributed by atoms with E-state index in [0.717, 1.165) is 17.5 Å². The molecule has 0 radical (unpaired) electrons. The molecule has 32 heavy (non-hydrogen) atoms. The molecule has 0 aliphatic carbocycles. The molecule has 5 nitrogen and oxygen atoms in total. The minimum atomic E-state index is -0.706. The molecular formula is C26H35FN2O3. The summed E-state index contributed by atoms with van der Waals surface area (Å²) >= 11 is 0. The van der Waals surface area contributed by atoms with Crippen molar-refractivity contribution >= 4 is 11.8 Å². The Labute approximate surface area is 191 Å². The van der Waals surface area contributed by atoms with E-state index >= 15 is 0 Å². The van der Waals surface area contributed by atoms with Gasteiger partial charge < -0.3 is 15.0 Å². The number of hydrogen-bond donors (Lipinski definition) is 1. The number of amides is 2. The van der Waals surface area contributed by atoms with Crippen LogP contribution in [0.5, 0.6) is 5.75 Å². The number of ether oxygens (including phenoxy) is 1. The smallest absolute Gasteiger partial charge is 0.261 e. The van der Waals surface area contributed by atoms with Crippen molar-refractivity contribution in [2.45, 2.75) is 72.0 Å². The molecule has 174 valence electrons. The molecular weight excluding hydrogens is 407 g/mol. The first-order valence-corrected chi connectivity index (χ1v) is 11.1. The largest absolute Gasteiger partial charge is 0.483 e. The molecule has 2 aromatic carbocycles. The lowest BCUT2D eigenvalue weighted by Gasteiger charge is -2.30. The highest BCUT2D eigenvalue weighted by Gasteiger charge is 2.28. The van der Waals surface area contributed by atoms with Gasteiger partial charge in [0.25, 0.3) is 5.91 Å². The number of para-hydroxylation sites is 1. The van der Waals surface area contributed by atoms with Gasteiger partial charge in [0.15, 0.2) is 6.61 Å². The number of nitrogens with zero attached hydrogens (tertiary/aromatic N) is 1. The number of carbonyl (C=O) groups excluding carboxylic acids is 2. The van der Waals surface area contributed by atoms with Gasteiger partial charge in [-0.15, -0.1) is 0 Å². The van der Waals surface area contributed by atoms with Crippen molar-refractivity contribution in [1.29, 1.82) is 0 Å². The Morgan fingerprint density at radius 1 is 1.06 bits per heavy atom. The van der Waals surface area contributed by atoms with E-state index in [0.29, 0.717) is 5.75 Å². The van der Waals surface area contributed by atoms with Crippen LogP contribution in [0.25, 0.3) is 0 Å². The molecule has 2 rings (SSSR count). The Hall–Kier alpha value is -2.89. The number of hydrogen-bond acceptors (Lipinski definition) is 3. The molecule has 1 N–H and O–H groups in total. The lowest BCUT2D eigenvalue weighted by atomic mass is 9.86. The van der Waals surface area contributed by atoms with E-state index in [1.807, 2.05) is 38.1 Å². The molecule has 2 amide bonds. The van der Waals surface area contributed by atoms with Crippen molar-refractivity contribution in [3.8, 4) is 5.75 Å². The molecule has 0 spiro atoms. The molecule has 0 aliphatic rings. The molecule has 2 atom stereocenters. The fourth-order valence-electron chi connectivity index (χ4n) is 3.27. The van der Waals surface area contributed by atoms with Gasteiger partial charge in [-0.2, -0.15) is 0 Å². The molecule has 0 saturated carbocycles. The summed E-state index contributed by atoms with van der Waals surface area (Å²) in [6, 6.07) is 12.9. The average Bonchev–Trinajstić information content (AvgIpc) is 2.76. The summed E-state index contributed by atoms with van der Waals surface area (Å²) in [5.41, 5.74) is 1.59. The second-order valence-electron chi connectivity index (χ2n) is 9.18. The van der Waals surface area contributed by atoms with Crippen LogP contribution in [0, 0.1) is 5.82 Å². The maximum atomic E-state index is 13.3. The maximum Gasteiger partial charge on any atom is 0.261 e. The topological polar surface area (TPSA) is 58.6 Å². The Bertz CT molecular complexity index is 906. The number of halogens is 1. The highest BCUT2D eigenvalue weighted by Crippen LogP contribution is 2.31. The normalized spacial score (nSPS) is 13.2. The monoisotopic (exact) mass is 442 g/mol. The van der Waals surface area contributed by atoms with Crippen molar-refractivity contribution in [1.82, 2.24) is 10.2 Å². The Balaban J connectivity index is 2.21. The molecule has 0 aliphatic heterocycles. The van der Waals surface area contributed by atoms with E-state index in [2.05, 4.69) is 26.1 Å². The summed E-state index contributed by atoms with van der Waals surface area (Å²) in [5, 5.41) is 2.93. The minimum absolute atomic E-state index is 0.00244. The predicted molar refractivity (Wildman–Crippen MR) is 125 cm³/mol. The van der Waals surface area contributed by atoms with Gasteiger partial charge in [0, 0.05) is 12.6 Å². The van der Waals surface area contributed by atoms with Crippen molar-refractivity contribution < 1.29 is 18.7 Å². The number of rotatable bonds is 9. The van der Waals surface area contributed by atoms with E-state index in [1.165, 1.54) is 17.0 Å². The summed E-state index contributed by atoms with van der Waals surface area (Å²) in [4.78, 5) is 27.4. The lowest BCUT2D eigenvalue weighted by Crippen LogP contribution is -2.50. The van der Waals surface area contributed by atoms with Gasteiger partial charge in [0.05, 0.1) is 0 Å². The molecule has 0 fully saturated rings. The summed E-state index contributed by atoms with van der Waals surface area (Å²) in [5.74, 6) is -0.252. The standard InChI is InChI=1S/C26H35FN2O3/c1-7-18(2)28-25(31)19(3)29(16-20-12-14-21(27)15-13-20)24(30)17-32-23-11-9-8-10-22(23)26(4,5)6/h8-15,18-19H,7,16-17H2,1-6H3,(H,28,31). The SMILES string of the molecule is CCC(C)NC(=O)C(C)N(Cc1ccc(F)cc1)C(=O)COc1ccccc1C(C)(C)C. The maximum absolute atomic E-state index is 13.3. The third-order valence-electron chi connectivity index (χ3n) is 5.48. The lowest BCUT2D eigenvalue weighted by molar-refractivity contribution is -0.142. The number of benzene rings is 2. The van der Waals surface area contributed by atoms with Crippen LogP contribution in [0.1, 0.15) is 59.1 Å². The molecule has 2 aromatic rings. The van der Waals surface area contributed by atoms with Crippen molar-refractivity contribution in [3.63, 3.8) is 0 Å². The van der Waals surface area contributed by atoms with Crippen LogP contribution in [0.15, 0.2) is 48.5 Å². The highest BCUT2D eigenvalue weighted by atomic mass is 19.1. The molecule has 6 heteroatoms. The van der Waals surface area contributed by atoms with Gasteiger partial charge in [-0.1, -0.05) is 58.0 Å². The molecule has 0 saturated heterocycles. The van der Waals surface area contributed by atoms with Crippen LogP contribution in [0.2, 0.25) is 0 Å². The van der Waals surface area contributed by atoms with Gasteiger partial charge >= 0.3 is 0 Å². The van der Waals surface area contributed by atoms with Crippen molar-refractivity contribution in [3.05, 3.63) is 65.5 Å². The zero-order chi connectivity index (χ0) is 23.9. The van der Waals surface area contributed by atoms with Crippen LogP contribution in [0.4, 0.5) is 4.39 Å². The summed E-state index contributed by atoms with van der Waals surface area (Å²) in [7, 11) is 0. The van der Waals surface area contributed by atoms with Gasteiger partial charge in [0.1, 0.15) is 17.6 Å². The van der Waals surface area contributed by atoms with E-state index in [-0.39, 0.29) is 42.2 Å². The summed E-state index contributed by atoms with van der Waals surface area (Å²) < 4.78 is 19.2. The van der Waals surface area contributed by atoms with E-state index in [9.17, 15) is 14.0 Å². The van der Waals surface area contributed by atoms with Crippen LogP contribution in [0.3, 0.4) is 0 Å². The first-order valence-electron chi connectivity index (χ1n) is 11.1. The Morgan fingerprint density at radius 3 is 2.28 bits per heavy atom. The van der Waals surface area contributed by atoms with Crippen LogP contribution < -0.4 is 10.1 Å². The third-order valence-corrected chi connectivity index (χ3v) is 5.48. The predicted octanol–water partition coefficient (Wildman–Crippen LogP) is 4.83. The molecule has 0 aromatic heterocycles. The average molecular weight is 443 g/mol. The number of nitrogens with one attached hydrogen (secondary N) is 1. The number of carbonyl (C=O) groups is 2. The second kappa shape index (κ2) is 11.1. The van der Waals surface area contributed by atoms with Gasteiger partial charge in [0.2, 0.25) is 5.91 Å². The second-order valence-corrected chi connectivity index (χ2v) is 9.18. The Morgan fingerprint density at radius 2 is 1.69 bits per heavy atom. The zero-order valence-corrected chi connectivity index (χ0v) is 19.9. The fraction of sp³-hybridized carbons (Fsp3) is 0.462. The van der Waals surface area contributed by atoms with E-state index in [1.54, 1.807) is 19.1 Å². The summed E-state index contributed by atoms with van der Waals surface area (Å²) in [6.07, 6.45) is 0.789. The van der Waals surface area contributed by atoms with Gasteiger partial charge in [-0.3, -0.25) is 9.59 Å². The highest BCUT2D eigenvalue weighted by molar-refractivity contribution is 5.88. The zero-order valence-electron chi connectivity index (χ0n) is 19.9. The van der Waals surface area contributed by atoms with Gasteiger partial charge in [-0.25, -0.2) is 4.39 Å². The Kier molecular flexibility index (Phi) is 8.81. The van der Waals surface area contributed by atoms with Crippen LogP contribution >= 0.6 is 0 Å². The quantitative estimate of drug-likeness (QED) is 0.605. The molecule has 0 bridgehead atoms. The minimum Gasteiger partial charge on any atom is -0.483 e. The summed E-state index contributed by atoms with van der Waals surface area (Å²) in [6.45, 7) is 11.8. The van der Waals surface area contributed by atoms with E-state index < -0.39 is 6.04 Å².